The highest BCUT2D eigenvalue weighted by Gasteiger charge is 2.21. The largest absolute Gasteiger partial charge is 0.373 e. The third kappa shape index (κ3) is 4.36. The van der Waals surface area contributed by atoms with Crippen molar-refractivity contribution < 1.29 is 9.53 Å². The molecule has 1 aromatic carbocycles. The molecule has 0 radical (unpaired) electrons. The van der Waals surface area contributed by atoms with Gasteiger partial charge in [0.05, 0.1) is 12.2 Å². The van der Waals surface area contributed by atoms with Crippen molar-refractivity contribution in [2.24, 2.45) is 0 Å². The molecule has 0 saturated carbocycles. The van der Waals surface area contributed by atoms with Gasteiger partial charge in [-0.25, -0.2) is 0 Å². The fourth-order valence-electron chi connectivity index (χ4n) is 3.43. The number of fused-ring (bicyclic) bond motifs is 1. The molecule has 1 aromatic heterocycles. The first kappa shape index (κ1) is 17.0. The minimum atomic E-state index is 0.00622. The molecule has 0 aliphatic carbocycles. The molecule has 130 valence electrons. The second-order valence-corrected chi connectivity index (χ2v) is 6.76. The van der Waals surface area contributed by atoms with E-state index < -0.39 is 0 Å². The second-order valence-electron chi connectivity index (χ2n) is 6.76. The number of hydrogen-bond donors (Lipinski definition) is 2. The molecular weight excluding hydrogens is 302 g/mol. The summed E-state index contributed by atoms with van der Waals surface area (Å²) in [6, 6.07) is 7.73. The molecule has 24 heavy (non-hydrogen) atoms. The number of hydrogen-bond acceptors (Lipinski definition) is 3. The Morgan fingerprint density at radius 2 is 2.04 bits per heavy atom. The van der Waals surface area contributed by atoms with Crippen LogP contribution < -0.4 is 5.32 Å². The molecule has 2 heterocycles. The Kier molecular flexibility index (Phi) is 5.53. The number of benzene rings is 1. The van der Waals surface area contributed by atoms with Gasteiger partial charge in [-0.05, 0) is 57.5 Å². The third-order valence-electron chi connectivity index (χ3n) is 4.50. The normalized spacial score (nSPS) is 21.9. The number of carbonyl (C=O) groups excluding carboxylic acids is 1. The zero-order valence-electron chi connectivity index (χ0n) is 14.5. The van der Waals surface area contributed by atoms with Crippen LogP contribution in [0.25, 0.3) is 10.9 Å². The Bertz CT molecular complexity index is 672. The maximum Gasteiger partial charge on any atom is 0.251 e. The molecule has 2 atom stereocenters. The lowest BCUT2D eigenvalue weighted by Crippen LogP contribution is -2.45. The first-order chi connectivity index (χ1) is 11.6. The quantitative estimate of drug-likeness (QED) is 0.801. The summed E-state index contributed by atoms with van der Waals surface area (Å²) in [5.74, 6) is 0.00622. The van der Waals surface area contributed by atoms with E-state index in [-0.39, 0.29) is 5.91 Å². The standard InChI is InChI=1S/C19H27N3O2/c1-14-12-22(13-15(2)24-14)10-4-3-8-21-19(23)17-5-6-18-16(11-17)7-9-20-18/h5-7,9,11,14-15,20H,3-4,8,10,12-13H2,1-2H3,(H,21,23). The van der Waals surface area contributed by atoms with Gasteiger partial charge in [0.15, 0.2) is 0 Å². The van der Waals surface area contributed by atoms with Gasteiger partial charge in [-0.1, -0.05) is 0 Å². The van der Waals surface area contributed by atoms with E-state index in [4.69, 9.17) is 4.74 Å². The van der Waals surface area contributed by atoms with Crippen LogP contribution in [0.4, 0.5) is 0 Å². The molecule has 3 rings (SSSR count). The average Bonchev–Trinajstić information content (AvgIpc) is 3.01. The van der Waals surface area contributed by atoms with Gasteiger partial charge in [0.2, 0.25) is 0 Å². The number of amides is 1. The lowest BCUT2D eigenvalue weighted by atomic mass is 10.1. The van der Waals surface area contributed by atoms with Gasteiger partial charge >= 0.3 is 0 Å². The summed E-state index contributed by atoms with van der Waals surface area (Å²) in [4.78, 5) is 17.8. The summed E-state index contributed by atoms with van der Waals surface area (Å²) in [5, 5.41) is 4.09. The number of aromatic nitrogens is 1. The molecule has 0 bridgehead atoms. The van der Waals surface area contributed by atoms with Crippen molar-refractivity contribution in [1.29, 1.82) is 0 Å². The van der Waals surface area contributed by atoms with E-state index in [1.54, 1.807) is 0 Å². The Morgan fingerprint density at radius 3 is 2.83 bits per heavy atom. The molecule has 1 aliphatic rings. The van der Waals surface area contributed by atoms with E-state index in [1.165, 1.54) is 0 Å². The monoisotopic (exact) mass is 329 g/mol. The minimum absolute atomic E-state index is 0.00622. The molecule has 5 nitrogen and oxygen atoms in total. The number of nitrogens with one attached hydrogen (secondary N) is 2. The van der Waals surface area contributed by atoms with Crippen molar-refractivity contribution >= 4 is 16.8 Å². The molecule has 2 N–H and O–H groups in total. The van der Waals surface area contributed by atoms with Crippen LogP contribution >= 0.6 is 0 Å². The molecule has 2 unspecified atom stereocenters. The number of aromatic amines is 1. The first-order valence-corrected chi connectivity index (χ1v) is 8.85. The maximum absolute atomic E-state index is 12.2. The summed E-state index contributed by atoms with van der Waals surface area (Å²) in [7, 11) is 0. The number of H-pyrrole nitrogens is 1. The highest BCUT2D eigenvalue weighted by atomic mass is 16.5. The number of carbonyl (C=O) groups is 1. The number of ether oxygens (including phenoxy) is 1. The van der Waals surface area contributed by atoms with Gasteiger partial charge in [-0.2, -0.15) is 0 Å². The summed E-state index contributed by atoms with van der Waals surface area (Å²) in [5.41, 5.74) is 1.78. The molecule has 5 heteroatoms. The fraction of sp³-hybridized carbons (Fsp3) is 0.526. The topological polar surface area (TPSA) is 57.4 Å². The van der Waals surface area contributed by atoms with Crippen molar-refractivity contribution in [2.45, 2.75) is 38.9 Å². The average molecular weight is 329 g/mol. The Labute approximate surface area is 143 Å². The van der Waals surface area contributed by atoms with Gasteiger partial charge in [-0.15, -0.1) is 0 Å². The van der Waals surface area contributed by atoms with E-state index in [9.17, 15) is 4.79 Å². The first-order valence-electron chi connectivity index (χ1n) is 8.85. The predicted molar refractivity (Wildman–Crippen MR) is 96.3 cm³/mol. The van der Waals surface area contributed by atoms with Crippen molar-refractivity contribution in [3.63, 3.8) is 0 Å². The maximum atomic E-state index is 12.2. The lowest BCUT2D eigenvalue weighted by molar-refractivity contribution is -0.0681. The van der Waals surface area contributed by atoms with Crippen LogP contribution in [-0.2, 0) is 4.74 Å². The van der Waals surface area contributed by atoms with E-state index in [0.29, 0.717) is 12.2 Å². The third-order valence-corrected chi connectivity index (χ3v) is 4.50. The van der Waals surface area contributed by atoms with Crippen LogP contribution in [0.15, 0.2) is 30.5 Å². The van der Waals surface area contributed by atoms with Gasteiger partial charge in [-0.3, -0.25) is 9.69 Å². The van der Waals surface area contributed by atoms with Gasteiger partial charge in [0.1, 0.15) is 0 Å². The molecule has 0 spiro atoms. The summed E-state index contributed by atoms with van der Waals surface area (Å²) < 4.78 is 5.75. The van der Waals surface area contributed by atoms with Crippen molar-refractivity contribution in [3.05, 3.63) is 36.0 Å². The zero-order chi connectivity index (χ0) is 16.9. The Hall–Kier alpha value is -1.85. The molecule has 1 amide bonds. The van der Waals surface area contributed by atoms with Gasteiger partial charge in [0, 0.05) is 42.3 Å². The number of nitrogens with zero attached hydrogens (tertiary/aromatic N) is 1. The van der Waals surface area contributed by atoms with E-state index >= 15 is 0 Å². The second kappa shape index (κ2) is 7.81. The van der Waals surface area contributed by atoms with Crippen molar-refractivity contribution in [1.82, 2.24) is 15.2 Å². The minimum Gasteiger partial charge on any atom is -0.373 e. The van der Waals surface area contributed by atoms with Crippen LogP contribution in [0.3, 0.4) is 0 Å². The van der Waals surface area contributed by atoms with Crippen LogP contribution in [0.2, 0.25) is 0 Å². The zero-order valence-corrected chi connectivity index (χ0v) is 14.5. The predicted octanol–water partition coefficient (Wildman–Crippen LogP) is 2.79. The molecule has 2 aromatic rings. The van der Waals surface area contributed by atoms with Crippen molar-refractivity contribution in [3.8, 4) is 0 Å². The van der Waals surface area contributed by atoms with Gasteiger partial charge < -0.3 is 15.0 Å². The van der Waals surface area contributed by atoms with E-state index in [0.717, 1.165) is 55.5 Å². The summed E-state index contributed by atoms with van der Waals surface area (Å²) in [6.07, 6.45) is 4.61. The summed E-state index contributed by atoms with van der Waals surface area (Å²) in [6.45, 7) is 8.07. The van der Waals surface area contributed by atoms with Crippen LogP contribution in [0, 0.1) is 0 Å². The number of morpholine rings is 1. The van der Waals surface area contributed by atoms with E-state index in [2.05, 4.69) is 29.0 Å². The van der Waals surface area contributed by atoms with Crippen LogP contribution in [-0.4, -0.2) is 54.2 Å². The Balaban J connectivity index is 1.37. The number of rotatable bonds is 6. The summed E-state index contributed by atoms with van der Waals surface area (Å²) >= 11 is 0. The van der Waals surface area contributed by atoms with E-state index in [1.807, 2.05) is 30.5 Å². The number of unbranched alkanes of at least 4 members (excludes halogenated alkanes) is 1. The van der Waals surface area contributed by atoms with Gasteiger partial charge in [0.25, 0.3) is 5.91 Å². The van der Waals surface area contributed by atoms with Crippen LogP contribution in [0.5, 0.6) is 0 Å². The molecule has 1 fully saturated rings. The highest BCUT2D eigenvalue weighted by molar-refractivity contribution is 5.98. The molecular formula is C19H27N3O2. The SMILES string of the molecule is CC1CN(CCCCNC(=O)c2ccc3[nH]ccc3c2)CC(C)O1. The van der Waals surface area contributed by atoms with Crippen molar-refractivity contribution in [2.75, 3.05) is 26.2 Å². The van der Waals surface area contributed by atoms with Crippen LogP contribution in [0.1, 0.15) is 37.0 Å². The Morgan fingerprint density at radius 1 is 1.25 bits per heavy atom. The smallest absolute Gasteiger partial charge is 0.251 e. The molecule has 1 saturated heterocycles. The molecule has 1 aliphatic heterocycles. The lowest BCUT2D eigenvalue weighted by Gasteiger charge is -2.35. The fourth-order valence-corrected chi connectivity index (χ4v) is 3.43. The highest BCUT2D eigenvalue weighted by Crippen LogP contribution is 2.14.